The zero-order chi connectivity index (χ0) is 28.3. The minimum absolute atomic E-state index is 0.00290. The Hall–Kier alpha value is -2.03. The normalized spacial score (nSPS) is 25.7. The van der Waals surface area contributed by atoms with Gasteiger partial charge in [-0.1, -0.05) is 75.4 Å². The molecule has 39 heavy (non-hydrogen) atoms. The third kappa shape index (κ3) is 8.98. The van der Waals surface area contributed by atoms with E-state index in [4.69, 9.17) is 18.9 Å². The Bertz CT molecular complexity index is 951. The predicted molar refractivity (Wildman–Crippen MR) is 156 cm³/mol. The topological polar surface area (TPSA) is 74.3 Å². The lowest BCUT2D eigenvalue weighted by Crippen LogP contribution is -2.60. The van der Waals surface area contributed by atoms with Crippen molar-refractivity contribution in [1.29, 1.82) is 0 Å². The second-order valence-electron chi connectivity index (χ2n) is 10.8. The lowest BCUT2D eigenvalue weighted by atomic mass is 9.90. The highest BCUT2D eigenvalue weighted by atomic mass is 32.2. The van der Waals surface area contributed by atoms with E-state index < -0.39 is 5.79 Å². The van der Waals surface area contributed by atoms with Gasteiger partial charge >= 0.3 is 5.97 Å². The van der Waals surface area contributed by atoms with Gasteiger partial charge in [0.1, 0.15) is 11.9 Å². The molecule has 0 aliphatic carbocycles. The van der Waals surface area contributed by atoms with Gasteiger partial charge in [0.15, 0.2) is 5.79 Å². The number of hydrogen-bond acceptors (Lipinski definition) is 7. The number of methoxy groups -OCH3 is 2. The van der Waals surface area contributed by atoms with Gasteiger partial charge in [-0.3, -0.25) is 4.79 Å². The molecule has 7 nitrogen and oxygen atoms in total. The summed E-state index contributed by atoms with van der Waals surface area (Å²) in [6.45, 7) is 6.79. The van der Waals surface area contributed by atoms with Gasteiger partial charge in [0, 0.05) is 38.3 Å². The highest BCUT2D eigenvalue weighted by molar-refractivity contribution is 8.13. The molecule has 0 spiro atoms. The number of unbranched alkanes of at least 4 members (excludes halogenated alkanes) is 4. The maximum absolute atomic E-state index is 13.1. The molecule has 218 valence electrons. The lowest BCUT2D eigenvalue weighted by molar-refractivity contribution is -0.305. The number of rotatable bonds is 15. The molecule has 0 N–H and O–H groups in total. The zero-order valence-electron chi connectivity index (χ0n) is 24.4. The molecule has 3 rings (SSSR count). The van der Waals surface area contributed by atoms with Crippen LogP contribution >= 0.6 is 11.8 Å². The number of esters is 1. The van der Waals surface area contributed by atoms with Gasteiger partial charge in [-0.05, 0) is 43.9 Å². The molecule has 1 aromatic carbocycles. The highest BCUT2D eigenvalue weighted by Crippen LogP contribution is 2.43. The maximum atomic E-state index is 13.1. The van der Waals surface area contributed by atoms with E-state index in [1.807, 2.05) is 36.1 Å². The summed E-state index contributed by atoms with van der Waals surface area (Å²) in [5.74, 6) is -0.0245. The van der Waals surface area contributed by atoms with E-state index in [2.05, 4.69) is 13.8 Å². The third-order valence-corrected chi connectivity index (χ3v) is 8.66. The van der Waals surface area contributed by atoms with Crippen LogP contribution in [-0.2, 0) is 25.5 Å². The van der Waals surface area contributed by atoms with Crippen LogP contribution in [0.25, 0.3) is 0 Å². The molecule has 1 unspecified atom stereocenters. The highest BCUT2D eigenvalue weighted by Gasteiger charge is 2.54. The zero-order valence-corrected chi connectivity index (χ0v) is 25.2. The van der Waals surface area contributed by atoms with E-state index in [1.54, 1.807) is 20.3 Å². The van der Waals surface area contributed by atoms with Crippen LogP contribution in [0, 0.1) is 0 Å². The Kier molecular flexibility index (Phi) is 12.7. The number of carbonyl (C=O) groups is 2. The second-order valence-corrected chi connectivity index (χ2v) is 11.7. The first kappa shape index (κ1) is 31.5. The molecular formula is C31H47NO6S. The predicted octanol–water partition coefficient (Wildman–Crippen LogP) is 7.27. The number of allylic oxidation sites excluding steroid dienone is 1. The van der Waals surface area contributed by atoms with Crippen molar-refractivity contribution in [3.8, 4) is 5.75 Å². The monoisotopic (exact) mass is 561 g/mol. The molecule has 2 aliphatic rings. The molecule has 2 saturated heterocycles. The van der Waals surface area contributed by atoms with Crippen LogP contribution in [0.15, 0.2) is 35.9 Å². The van der Waals surface area contributed by atoms with Gasteiger partial charge in [0.05, 0.1) is 19.3 Å². The van der Waals surface area contributed by atoms with E-state index in [-0.39, 0.29) is 29.5 Å². The van der Waals surface area contributed by atoms with Crippen molar-refractivity contribution < 1.29 is 28.5 Å². The van der Waals surface area contributed by atoms with Crippen LogP contribution in [0.1, 0.15) is 90.5 Å². The number of carbonyl (C=O) groups excluding carboxylic acids is 2. The quantitative estimate of drug-likeness (QED) is 0.127. The third-order valence-electron chi connectivity index (χ3n) is 7.70. The molecule has 2 heterocycles. The molecule has 0 aromatic heterocycles. The molecule has 2 aliphatic heterocycles. The Morgan fingerprint density at radius 1 is 1.13 bits per heavy atom. The fourth-order valence-corrected chi connectivity index (χ4v) is 6.58. The fraction of sp³-hybridized carbons (Fsp3) is 0.677. The first-order chi connectivity index (χ1) is 18.8. The van der Waals surface area contributed by atoms with E-state index in [9.17, 15) is 9.59 Å². The summed E-state index contributed by atoms with van der Waals surface area (Å²) in [6, 6.07) is 7.45. The molecule has 2 fully saturated rings. The van der Waals surface area contributed by atoms with Crippen molar-refractivity contribution in [1.82, 2.24) is 4.90 Å². The van der Waals surface area contributed by atoms with Gasteiger partial charge < -0.3 is 23.8 Å². The van der Waals surface area contributed by atoms with Crippen molar-refractivity contribution >= 4 is 23.0 Å². The first-order valence-electron chi connectivity index (χ1n) is 14.5. The molecular weight excluding hydrogens is 514 g/mol. The van der Waals surface area contributed by atoms with Gasteiger partial charge in [0.25, 0.3) is 5.24 Å². The van der Waals surface area contributed by atoms with Crippen molar-refractivity contribution in [3.63, 3.8) is 0 Å². The maximum Gasteiger partial charge on any atom is 0.330 e. The number of amides is 1. The number of nitrogens with zero attached hydrogens (tertiary/aromatic N) is 1. The summed E-state index contributed by atoms with van der Waals surface area (Å²) < 4.78 is 24.2. The number of hydrogen-bond donors (Lipinski definition) is 0. The standard InChI is InChI=1S/C31H47NO6S/c1-6-8-10-12-23(3)18-29(33)37-27-19-26(13-11-9-7-2)38-31(20-27,36-5)28-22-39-30(34)32(28)21-24-14-16-25(35-4)17-15-24/h14-18,26-28H,6-13,19-22H2,1-5H3/b23-18-/t26?,27-,28+,31-/m1/s1. The van der Waals surface area contributed by atoms with E-state index in [1.165, 1.54) is 11.8 Å². The molecule has 8 heteroatoms. The molecule has 0 saturated carbocycles. The summed E-state index contributed by atoms with van der Waals surface area (Å²) in [4.78, 5) is 27.8. The minimum atomic E-state index is -1.05. The van der Waals surface area contributed by atoms with Gasteiger partial charge in [0.2, 0.25) is 0 Å². The Morgan fingerprint density at radius 2 is 1.85 bits per heavy atom. The largest absolute Gasteiger partial charge is 0.497 e. The fourth-order valence-electron chi connectivity index (χ4n) is 5.49. The van der Waals surface area contributed by atoms with Gasteiger partial charge in [-0.25, -0.2) is 4.79 Å². The van der Waals surface area contributed by atoms with E-state index in [0.717, 1.165) is 68.3 Å². The summed E-state index contributed by atoms with van der Waals surface area (Å²) in [5.41, 5.74) is 2.05. The number of benzene rings is 1. The van der Waals surface area contributed by atoms with Crippen molar-refractivity contribution in [2.75, 3.05) is 20.0 Å². The molecule has 4 atom stereocenters. The van der Waals surface area contributed by atoms with Crippen molar-refractivity contribution in [3.05, 3.63) is 41.5 Å². The lowest BCUT2D eigenvalue weighted by Gasteiger charge is -2.48. The van der Waals surface area contributed by atoms with Crippen LogP contribution in [-0.4, -0.2) is 60.1 Å². The van der Waals surface area contributed by atoms with E-state index >= 15 is 0 Å². The molecule has 1 aromatic rings. The smallest absolute Gasteiger partial charge is 0.330 e. The number of ether oxygens (including phenoxy) is 4. The second kappa shape index (κ2) is 15.7. The van der Waals surface area contributed by atoms with Crippen LogP contribution in [0.4, 0.5) is 4.79 Å². The van der Waals surface area contributed by atoms with E-state index in [0.29, 0.717) is 25.1 Å². The summed E-state index contributed by atoms with van der Waals surface area (Å²) in [5, 5.41) is 0.00290. The molecule has 1 amide bonds. The molecule has 0 bridgehead atoms. The minimum Gasteiger partial charge on any atom is -0.497 e. The van der Waals surface area contributed by atoms with Crippen LogP contribution < -0.4 is 4.74 Å². The Balaban J connectivity index is 1.79. The van der Waals surface area contributed by atoms with Crippen LogP contribution in [0.3, 0.4) is 0 Å². The Labute approximate surface area is 239 Å². The average molecular weight is 562 g/mol. The summed E-state index contributed by atoms with van der Waals surface area (Å²) in [6.07, 6.45) is 10.6. The SMILES string of the molecule is CCCCC/C(C)=C\C(=O)O[C@@H]1CC(CCCCC)O[C@@](OC)([C@@H]2CSC(=O)N2Cc2ccc(OC)cc2)C1. The first-order valence-corrected chi connectivity index (χ1v) is 15.5. The van der Waals surface area contributed by atoms with Crippen LogP contribution in [0.2, 0.25) is 0 Å². The van der Waals surface area contributed by atoms with Crippen molar-refractivity contribution in [2.45, 2.75) is 116 Å². The summed E-state index contributed by atoms with van der Waals surface area (Å²) >= 11 is 1.29. The Morgan fingerprint density at radius 3 is 2.51 bits per heavy atom. The summed E-state index contributed by atoms with van der Waals surface area (Å²) in [7, 11) is 3.28. The van der Waals surface area contributed by atoms with Gasteiger partial charge in [-0.15, -0.1) is 0 Å². The van der Waals surface area contributed by atoms with Crippen LogP contribution in [0.5, 0.6) is 5.75 Å². The molecule has 0 radical (unpaired) electrons. The average Bonchev–Trinajstić information content (AvgIpc) is 3.29. The van der Waals surface area contributed by atoms with Crippen molar-refractivity contribution in [2.24, 2.45) is 0 Å². The van der Waals surface area contributed by atoms with Gasteiger partial charge in [-0.2, -0.15) is 0 Å². The number of thioether (sulfide) groups is 1.